The summed E-state index contributed by atoms with van der Waals surface area (Å²) in [5, 5.41) is 5.34. The van der Waals surface area contributed by atoms with E-state index in [4.69, 9.17) is 4.74 Å². The third-order valence-corrected chi connectivity index (χ3v) is 5.84. The van der Waals surface area contributed by atoms with E-state index in [0.29, 0.717) is 29.1 Å². The Labute approximate surface area is 185 Å². The average molecular weight is 439 g/mol. The van der Waals surface area contributed by atoms with Crippen LogP contribution in [0, 0.1) is 5.82 Å². The first kappa shape index (κ1) is 22.4. The summed E-state index contributed by atoms with van der Waals surface area (Å²) in [4.78, 5) is 26.0. The van der Waals surface area contributed by atoms with Crippen molar-refractivity contribution in [2.24, 2.45) is 0 Å². The number of carbonyl (C=O) groups excluding carboxylic acids is 2. The lowest BCUT2D eigenvalue weighted by Crippen LogP contribution is -2.24. The molecule has 2 amide bonds. The van der Waals surface area contributed by atoms with Crippen molar-refractivity contribution in [3.8, 4) is 5.75 Å². The monoisotopic (exact) mass is 438 g/mol. The first-order valence-corrected chi connectivity index (χ1v) is 10.6. The number of carbonyl (C=O) groups is 2. The lowest BCUT2D eigenvalue weighted by molar-refractivity contribution is -0.115. The van der Waals surface area contributed by atoms with E-state index in [9.17, 15) is 14.0 Å². The van der Waals surface area contributed by atoms with Crippen LogP contribution >= 0.6 is 11.8 Å². The van der Waals surface area contributed by atoms with Crippen molar-refractivity contribution < 1.29 is 18.7 Å². The minimum atomic E-state index is -0.354. The molecule has 2 N–H and O–H groups in total. The van der Waals surface area contributed by atoms with Crippen LogP contribution in [0.5, 0.6) is 5.75 Å². The normalized spacial score (nSPS) is 11.5. The van der Waals surface area contributed by atoms with Gasteiger partial charge in [0, 0.05) is 21.8 Å². The Morgan fingerprint density at radius 3 is 2.42 bits per heavy atom. The summed E-state index contributed by atoms with van der Waals surface area (Å²) < 4.78 is 18.2. The summed E-state index contributed by atoms with van der Waals surface area (Å²) >= 11 is 1.40. The van der Waals surface area contributed by atoms with Crippen LogP contribution in [-0.4, -0.2) is 24.2 Å². The number of amides is 2. The highest BCUT2D eigenvalue weighted by Gasteiger charge is 2.18. The van der Waals surface area contributed by atoms with Gasteiger partial charge in [-0.2, -0.15) is 0 Å². The topological polar surface area (TPSA) is 67.4 Å². The van der Waals surface area contributed by atoms with Gasteiger partial charge in [0.1, 0.15) is 11.6 Å². The van der Waals surface area contributed by atoms with E-state index < -0.39 is 0 Å². The molecule has 0 aliphatic carbocycles. The molecular formula is C24H23FN2O3S. The Morgan fingerprint density at radius 1 is 0.968 bits per heavy atom. The molecule has 0 heterocycles. The molecule has 0 aromatic heterocycles. The lowest BCUT2D eigenvalue weighted by atomic mass is 10.2. The Morgan fingerprint density at radius 2 is 1.71 bits per heavy atom. The minimum Gasteiger partial charge on any atom is -0.497 e. The van der Waals surface area contributed by atoms with Gasteiger partial charge in [0.15, 0.2) is 0 Å². The van der Waals surface area contributed by atoms with E-state index in [0.717, 1.165) is 4.90 Å². The Kier molecular flexibility index (Phi) is 7.67. The molecule has 1 atom stereocenters. The van der Waals surface area contributed by atoms with Gasteiger partial charge in [-0.3, -0.25) is 9.59 Å². The second kappa shape index (κ2) is 10.6. The molecule has 0 spiro atoms. The van der Waals surface area contributed by atoms with E-state index in [1.807, 2.05) is 25.1 Å². The smallest absolute Gasteiger partial charge is 0.255 e. The van der Waals surface area contributed by atoms with Crippen LogP contribution in [0.2, 0.25) is 0 Å². The average Bonchev–Trinajstić information content (AvgIpc) is 2.79. The second-order valence-electron chi connectivity index (χ2n) is 6.72. The third-order valence-electron chi connectivity index (χ3n) is 4.48. The van der Waals surface area contributed by atoms with Crippen LogP contribution in [0.25, 0.3) is 0 Å². The number of thioether (sulfide) groups is 1. The number of methoxy groups -OCH3 is 1. The summed E-state index contributed by atoms with van der Waals surface area (Å²) in [5.74, 6) is -0.158. The maximum absolute atomic E-state index is 13.1. The molecule has 5 nitrogen and oxygen atoms in total. The highest BCUT2D eigenvalue weighted by atomic mass is 32.2. The molecule has 0 radical (unpaired) electrons. The minimum absolute atomic E-state index is 0.162. The van der Waals surface area contributed by atoms with Gasteiger partial charge in [-0.25, -0.2) is 4.39 Å². The quantitative estimate of drug-likeness (QED) is 0.450. The first-order valence-electron chi connectivity index (χ1n) is 9.77. The fourth-order valence-electron chi connectivity index (χ4n) is 2.86. The van der Waals surface area contributed by atoms with E-state index in [2.05, 4.69) is 10.6 Å². The van der Waals surface area contributed by atoms with Gasteiger partial charge in [-0.05, 0) is 67.1 Å². The highest BCUT2D eigenvalue weighted by Crippen LogP contribution is 2.29. The van der Waals surface area contributed by atoms with Crippen molar-refractivity contribution in [1.82, 2.24) is 0 Å². The zero-order valence-corrected chi connectivity index (χ0v) is 18.0. The van der Waals surface area contributed by atoms with Gasteiger partial charge in [0.05, 0.1) is 12.4 Å². The van der Waals surface area contributed by atoms with Crippen molar-refractivity contribution in [2.75, 3.05) is 17.7 Å². The summed E-state index contributed by atoms with van der Waals surface area (Å²) in [6, 6.07) is 19.9. The van der Waals surface area contributed by atoms with Gasteiger partial charge in [0.25, 0.3) is 5.91 Å². The van der Waals surface area contributed by atoms with E-state index >= 15 is 0 Å². The molecule has 0 saturated carbocycles. The van der Waals surface area contributed by atoms with Crippen molar-refractivity contribution in [1.29, 1.82) is 0 Å². The van der Waals surface area contributed by atoms with Gasteiger partial charge in [-0.1, -0.05) is 19.1 Å². The molecule has 160 valence electrons. The number of benzene rings is 3. The fourth-order valence-corrected chi connectivity index (χ4v) is 3.87. The number of rotatable bonds is 8. The van der Waals surface area contributed by atoms with E-state index in [1.54, 1.807) is 37.4 Å². The molecule has 0 saturated heterocycles. The van der Waals surface area contributed by atoms with Gasteiger partial charge < -0.3 is 15.4 Å². The molecule has 7 heteroatoms. The molecule has 0 aliphatic heterocycles. The van der Waals surface area contributed by atoms with Crippen LogP contribution in [0.4, 0.5) is 15.8 Å². The van der Waals surface area contributed by atoms with Crippen LogP contribution in [-0.2, 0) is 4.79 Å². The number of ether oxygens (including phenoxy) is 1. The van der Waals surface area contributed by atoms with Crippen LogP contribution in [0.15, 0.2) is 77.7 Å². The van der Waals surface area contributed by atoms with Crippen LogP contribution < -0.4 is 15.4 Å². The molecule has 0 aliphatic rings. The van der Waals surface area contributed by atoms with Crippen LogP contribution in [0.3, 0.4) is 0 Å². The highest BCUT2D eigenvalue weighted by molar-refractivity contribution is 8.00. The lowest BCUT2D eigenvalue weighted by Gasteiger charge is -2.15. The number of nitrogens with one attached hydrogen (secondary N) is 2. The predicted molar refractivity (Wildman–Crippen MR) is 122 cm³/mol. The maximum Gasteiger partial charge on any atom is 0.255 e. The molecule has 3 aromatic rings. The molecule has 0 bridgehead atoms. The Balaban J connectivity index is 1.66. The summed E-state index contributed by atoms with van der Waals surface area (Å²) in [6.07, 6.45) is 0.609. The van der Waals surface area contributed by atoms with E-state index in [1.165, 1.54) is 36.0 Å². The zero-order chi connectivity index (χ0) is 22.2. The predicted octanol–water partition coefficient (Wildman–Crippen LogP) is 5.60. The number of hydrogen-bond donors (Lipinski definition) is 2. The molecular weight excluding hydrogens is 415 g/mol. The van der Waals surface area contributed by atoms with Gasteiger partial charge in [0.2, 0.25) is 5.91 Å². The number of halogens is 1. The summed E-state index contributed by atoms with van der Waals surface area (Å²) in [7, 11) is 1.55. The SMILES string of the molecule is CCC(Sc1cccc(NC(=O)c2cccc(OC)c2)c1)C(=O)Nc1ccc(F)cc1. The summed E-state index contributed by atoms with van der Waals surface area (Å²) in [6.45, 7) is 1.93. The van der Waals surface area contributed by atoms with Crippen molar-refractivity contribution in [3.63, 3.8) is 0 Å². The second-order valence-corrected chi connectivity index (χ2v) is 8.00. The molecule has 0 fully saturated rings. The van der Waals surface area contributed by atoms with Crippen LogP contribution in [0.1, 0.15) is 23.7 Å². The molecule has 3 aromatic carbocycles. The number of hydrogen-bond acceptors (Lipinski definition) is 4. The first-order chi connectivity index (χ1) is 15.0. The molecule has 3 rings (SSSR count). The maximum atomic E-state index is 13.1. The van der Waals surface area contributed by atoms with E-state index in [-0.39, 0.29) is 22.9 Å². The van der Waals surface area contributed by atoms with Gasteiger partial charge >= 0.3 is 0 Å². The Hall–Kier alpha value is -3.32. The fraction of sp³-hybridized carbons (Fsp3) is 0.167. The van der Waals surface area contributed by atoms with Crippen molar-refractivity contribution in [2.45, 2.75) is 23.5 Å². The largest absolute Gasteiger partial charge is 0.497 e. The molecule has 1 unspecified atom stereocenters. The Bertz CT molecular complexity index is 1060. The van der Waals surface area contributed by atoms with Crippen molar-refractivity contribution in [3.05, 3.63) is 84.2 Å². The third kappa shape index (κ3) is 6.33. The zero-order valence-electron chi connectivity index (χ0n) is 17.2. The van der Waals surface area contributed by atoms with Gasteiger partial charge in [-0.15, -0.1) is 11.8 Å². The van der Waals surface area contributed by atoms with Crippen molar-refractivity contribution >= 4 is 35.0 Å². The molecule has 31 heavy (non-hydrogen) atoms. The summed E-state index contributed by atoms with van der Waals surface area (Å²) in [5.41, 5.74) is 1.67. The number of anilines is 2. The standard InChI is InChI=1S/C24H23FN2O3S/c1-3-22(24(29)26-18-12-10-17(25)11-13-18)31-21-9-5-7-19(15-21)27-23(28)16-6-4-8-20(14-16)30-2/h4-15,22H,3H2,1-2H3,(H,26,29)(H,27,28).